The third-order valence-corrected chi connectivity index (χ3v) is 3.58. The van der Waals surface area contributed by atoms with Crippen LogP contribution in [-0.2, 0) is 0 Å². The van der Waals surface area contributed by atoms with Crippen LogP contribution in [0.2, 0.25) is 0 Å². The molecule has 21 heavy (non-hydrogen) atoms. The summed E-state index contributed by atoms with van der Waals surface area (Å²) in [5, 5.41) is 2.95. The molecule has 1 fully saturated rings. The smallest absolute Gasteiger partial charge is 0.317 e. The first-order valence-corrected chi connectivity index (χ1v) is 7.28. The maximum Gasteiger partial charge on any atom is 0.317 e. The van der Waals surface area contributed by atoms with Gasteiger partial charge in [-0.2, -0.15) is 0 Å². The van der Waals surface area contributed by atoms with Gasteiger partial charge >= 0.3 is 12.0 Å². The number of carbonyl (C=O) groups is 1. The Hall–Kier alpha value is -1.92. The Kier molecular flexibility index (Phi) is 5.30. The molecular formula is C14H21FN4O2. The van der Waals surface area contributed by atoms with Gasteiger partial charge in [-0.05, 0) is 13.3 Å². The summed E-state index contributed by atoms with van der Waals surface area (Å²) in [6, 6.07) is 0.332. The van der Waals surface area contributed by atoms with Crippen LogP contribution >= 0.6 is 0 Å². The molecular weight excluding hydrogens is 275 g/mol. The molecule has 6 nitrogen and oxygen atoms in total. The molecule has 0 spiro atoms. The predicted octanol–water partition coefficient (Wildman–Crippen LogP) is 1.97. The van der Waals surface area contributed by atoms with Crippen molar-refractivity contribution in [2.24, 2.45) is 0 Å². The lowest BCUT2D eigenvalue weighted by molar-refractivity contribution is 0.102. The van der Waals surface area contributed by atoms with E-state index in [0.717, 1.165) is 18.8 Å². The summed E-state index contributed by atoms with van der Waals surface area (Å²) < 4.78 is 18.3. The number of halogens is 1. The van der Waals surface area contributed by atoms with E-state index in [1.165, 1.54) is 0 Å². The van der Waals surface area contributed by atoms with Gasteiger partial charge in [0.05, 0.1) is 12.4 Å². The molecule has 1 aromatic heterocycles. The summed E-state index contributed by atoms with van der Waals surface area (Å²) in [5.41, 5.74) is 0. The van der Waals surface area contributed by atoms with E-state index in [1.54, 1.807) is 4.90 Å². The van der Waals surface area contributed by atoms with E-state index >= 15 is 0 Å². The monoisotopic (exact) mass is 296 g/mol. The van der Waals surface area contributed by atoms with Crippen LogP contribution in [0.5, 0.6) is 6.01 Å². The van der Waals surface area contributed by atoms with Crippen molar-refractivity contribution in [1.82, 2.24) is 20.2 Å². The Morgan fingerprint density at radius 3 is 2.67 bits per heavy atom. The standard InChI is InChI=1S/C14H21FN4O2/c1-3-10(2)18-14(20)19-6-4-12(5-7-19)21-13-16-8-11(15)9-17-13/h8-10,12H,3-7H2,1-2H3,(H,18,20). The minimum Gasteiger partial charge on any atom is -0.460 e. The maximum absolute atomic E-state index is 12.7. The van der Waals surface area contributed by atoms with Gasteiger partial charge in [-0.1, -0.05) is 6.92 Å². The lowest BCUT2D eigenvalue weighted by Crippen LogP contribution is -2.48. The van der Waals surface area contributed by atoms with E-state index in [4.69, 9.17) is 4.74 Å². The Morgan fingerprint density at radius 1 is 1.48 bits per heavy atom. The molecule has 1 N–H and O–H groups in total. The minimum atomic E-state index is -0.487. The fraction of sp³-hybridized carbons (Fsp3) is 0.643. The van der Waals surface area contributed by atoms with Crippen molar-refractivity contribution in [3.63, 3.8) is 0 Å². The normalized spacial score (nSPS) is 17.4. The van der Waals surface area contributed by atoms with Crippen LogP contribution in [0.25, 0.3) is 0 Å². The van der Waals surface area contributed by atoms with Crippen molar-refractivity contribution < 1.29 is 13.9 Å². The van der Waals surface area contributed by atoms with Crippen LogP contribution in [0.15, 0.2) is 12.4 Å². The maximum atomic E-state index is 12.7. The summed E-state index contributed by atoms with van der Waals surface area (Å²) in [4.78, 5) is 21.3. The second-order valence-electron chi connectivity index (χ2n) is 5.25. The Labute approximate surface area is 123 Å². The molecule has 0 radical (unpaired) electrons. The van der Waals surface area contributed by atoms with Gasteiger partial charge in [-0.25, -0.2) is 19.2 Å². The highest BCUT2D eigenvalue weighted by atomic mass is 19.1. The van der Waals surface area contributed by atoms with Crippen molar-refractivity contribution in [3.8, 4) is 6.01 Å². The molecule has 116 valence electrons. The van der Waals surface area contributed by atoms with Crippen molar-refractivity contribution in [3.05, 3.63) is 18.2 Å². The number of hydrogen-bond acceptors (Lipinski definition) is 4. The third kappa shape index (κ3) is 4.54. The fourth-order valence-corrected chi connectivity index (χ4v) is 2.09. The highest BCUT2D eigenvalue weighted by molar-refractivity contribution is 5.74. The Bertz CT molecular complexity index is 461. The molecule has 1 unspecified atom stereocenters. The molecule has 0 saturated carbocycles. The van der Waals surface area contributed by atoms with Gasteiger partial charge in [0.1, 0.15) is 6.10 Å². The predicted molar refractivity (Wildman–Crippen MR) is 75.5 cm³/mol. The average Bonchev–Trinajstić information content (AvgIpc) is 2.50. The summed E-state index contributed by atoms with van der Waals surface area (Å²) in [6.07, 6.45) is 4.47. The summed E-state index contributed by atoms with van der Waals surface area (Å²) >= 11 is 0. The zero-order valence-electron chi connectivity index (χ0n) is 12.4. The summed E-state index contributed by atoms with van der Waals surface area (Å²) in [7, 11) is 0. The number of carbonyl (C=O) groups excluding carboxylic acids is 1. The van der Waals surface area contributed by atoms with Crippen LogP contribution in [-0.4, -0.2) is 46.1 Å². The van der Waals surface area contributed by atoms with Gasteiger partial charge in [0, 0.05) is 32.0 Å². The Morgan fingerprint density at radius 2 is 2.10 bits per heavy atom. The molecule has 7 heteroatoms. The number of hydrogen-bond donors (Lipinski definition) is 1. The first-order valence-electron chi connectivity index (χ1n) is 7.28. The van der Waals surface area contributed by atoms with Gasteiger partial charge in [0.2, 0.25) is 0 Å². The molecule has 1 aliphatic rings. The minimum absolute atomic E-state index is 0.0270. The van der Waals surface area contributed by atoms with Gasteiger partial charge < -0.3 is 15.0 Å². The molecule has 2 rings (SSSR count). The van der Waals surface area contributed by atoms with Gasteiger partial charge in [-0.3, -0.25) is 0 Å². The van der Waals surface area contributed by atoms with E-state index in [9.17, 15) is 9.18 Å². The molecule has 1 atom stereocenters. The average molecular weight is 296 g/mol. The number of likely N-dealkylation sites (tertiary alicyclic amines) is 1. The molecule has 0 aliphatic carbocycles. The highest BCUT2D eigenvalue weighted by Gasteiger charge is 2.24. The van der Waals surface area contributed by atoms with E-state index < -0.39 is 5.82 Å². The lowest BCUT2D eigenvalue weighted by atomic mass is 10.1. The first kappa shape index (κ1) is 15.5. The van der Waals surface area contributed by atoms with Crippen molar-refractivity contribution in [1.29, 1.82) is 0 Å². The topological polar surface area (TPSA) is 67.4 Å². The van der Waals surface area contributed by atoms with Crippen LogP contribution in [0, 0.1) is 5.82 Å². The quantitative estimate of drug-likeness (QED) is 0.922. The highest BCUT2D eigenvalue weighted by Crippen LogP contribution is 2.16. The van der Waals surface area contributed by atoms with Gasteiger partial charge in [0.15, 0.2) is 5.82 Å². The lowest BCUT2D eigenvalue weighted by Gasteiger charge is -2.32. The molecule has 0 aromatic carbocycles. The SMILES string of the molecule is CCC(C)NC(=O)N1CCC(Oc2ncc(F)cn2)CC1. The second-order valence-corrected chi connectivity index (χ2v) is 5.25. The number of nitrogens with zero attached hydrogens (tertiary/aromatic N) is 3. The van der Waals surface area contributed by atoms with Crippen molar-refractivity contribution in [2.75, 3.05) is 13.1 Å². The molecule has 0 bridgehead atoms. The number of amides is 2. The molecule has 1 aromatic rings. The number of aromatic nitrogens is 2. The summed E-state index contributed by atoms with van der Waals surface area (Å²) in [5.74, 6) is -0.487. The number of rotatable bonds is 4. The van der Waals surface area contributed by atoms with Crippen LogP contribution in [0.4, 0.5) is 9.18 Å². The van der Waals surface area contributed by atoms with E-state index in [-0.39, 0.29) is 24.2 Å². The molecule has 1 aliphatic heterocycles. The van der Waals surface area contributed by atoms with Crippen LogP contribution in [0.3, 0.4) is 0 Å². The molecule has 2 amide bonds. The molecule has 2 heterocycles. The fourth-order valence-electron chi connectivity index (χ4n) is 2.09. The Balaban J connectivity index is 1.77. The number of urea groups is 1. The zero-order valence-corrected chi connectivity index (χ0v) is 12.4. The number of ether oxygens (including phenoxy) is 1. The van der Waals surface area contributed by atoms with E-state index in [2.05, 4.69) is 15.3 Å². The van der Waals surface area contributed by atoms with E-state index in [1.807, 2.05) is 13.8 Å². The summed E-state index contributed by atoms with van der Waals surface area (Å²) in [6.45, 7) is 5.29. The molecule has 1 saturated heterocycles. The van der Waals surface area contributed by atoms with Crippen molar-refractivity contribution in [2.45, 2.75) is 45.3 Å². The van der Waals surface area contributed by atoms with Crippen molar-refractivity contribution >= 4 is 6.03 Å². The van der Waals surface area contributed by atoms with Crippen LogP contribution in [0.1, 0.15) is 33.1 Å². The van der Waals surface area contributed by atoms with Gasteiger partial charge in [-0.15, -0.1) is 0 Å². The van der Waals surface area contributed by atoms with Crippen LogP contribution < -0.4 is 10.1 Å². The van der Waals surface area contributed by atoms with E-state index in [0.29, 0.717) is 25.9 Å². The largest absolute Gasteiger partial charge is 0.460 e. The number of piperidine rings is 1. The zero-order chi connectivity index (χ0) is 15.2. The second kappa shape index (κ2) is 7.19. The third-order valence-electron chi connectivity index (χ3n) is 3.58. The number of nitrogens with one attached hydrogen (secondary N) is 1. The first-order chi connectivity index (χ1) is 10.1. The van der Waals surface area contributed by atoms with Gasteiger partial charge in [0.25, 0.3) is 0 Å².